The average molecular weight is 809 g/mol. The highest BCUT2D eigenvalue weighted by Gasteiger charge is 2.43. The summed E-state index contributed by atoms with van der Waals surface area (Å²) >= 11 is 0. The van der Waals surface area contributed by atoms with E-state index in [1.165, 1.54) is 24.3 Å². The van der Waals surface area contributed by atoms with Gasteiger partial charge in [0.25, 0.3) is 0 Å². The number of hydrogen-bond donors (Lipinski definition) is 14. The van der Waals surface area contributed by atoms with Gasteiger partial charge in [-0.2, -0.15) is 0 Å². The first-order chi connectivity index (χ1) is 27.6. The van der Waals surface area contributed by atoms with E-state index in [2.05, 4.69) is 52.5 Å². The number of phenolic OH excluding ortho intramolecular Hbond substituents is 1. The minimum absolute atomic E-state index is 0.0660. The molecule has 6 amide bonds. The summed E-state index contributed by atoms with van der Waals surface area (Å²) in [5, 5.41) is 62.8. The molecule has 5 rings (SSSR count). The highest BCUT2D eigenvalue weighted by molar-refractivity contribution is 5.98. The molecular formula is C36H48N12O10. The van der Waals surface area contributed by atoms with Gasteiger partial charge in [0.05, 0.1) is 38.3 Å². The van der Waals surface area contributed by atoms with Crippen molar-refractivity contribution in [2.45, 2.75) is 74.3 Å². The van der Waals surface area contributed by atoms with E-state index in [9.17, 15) is 49.2 Å². The van der Waals surface area contributed by atoms with Gasteiger partial charge in [-0.1, -0.05) is 42.0 Å². The Kier molecular flexibility index (Phi) is 14.0. The molecule has 3 heterocycles. The van der Waals surface area contributed by atoms with Crippen LogP contribution in [0.2, 0.25) is 0 Å². The number of nitrogens with one attached hydrogen (secondary N) is 8. The Morgan fingerprint density at radius 3 is 1.57 bits per heavy atom. The maximum Gasteiger partial charge on any atom is 0.246 e. The first-order valence-corrected chi connectivity index (χ1v) is 18.3. The van der Waals surface area contributed by atoms with Gasteiger partial charge in [0, 0.05) is 12.8 Å². The van der Waals surface area contributed by atoms with Crippen LogP contribution >= 0.6 is 0 Å². The number of carbonyl (C=O) groups is 6. The number of rotatable bonds is 9. The van der Waals surface area contributed by atoms with Crippen molar-refractivity contribution < 1.29 is 49.2 Å². The molecule has 58 heavy (non-hydrogen) atoms. The number of amides is 6. The number of carbonyl (C=O) groups excluding carboxylic acids is 6. The molecule has 0 saturated carbocycles. The Labute approximate surface area is 331 Å². The van der Waals surface area contributed by atoms with Crippen LogP contribution in [0.15, 0.2) is 58.5 Å². The number of guanidine groups is 2. The molecule has 0 spiro atoms. The molecule has 0 radical (unpaired) electrons. The second kappa shape index (κ2) is 19.1. The summed E-state index contributed by atoms with van der Waals surface area (Å²) in [5.74, 6) is -6.32. The number of aliphatic imine (C=N–C) groups is 2. The first-order valence-electron chi connectivity index (χ1n) is 18.3. The summed E-state index contributed by atoms with van der Waals surface area (Å²) in [7, 11) is 0. The summed E-state index contributed by atoms with van der Waals surface area (Å²) in [6.07, 6.45) is -3.90. The van der Waals surface area contributed by atoms with Crippen molar-refractivity contribution in [1.82, 2.24) is 42.5 Å². The van der Waals surface area contributed by atoms with Crippen LogP contribution < -0.4 is 54.0 Å². The fourth-order valence-corrected chi connectivity index (χ4v) is 6.43. The second-order valence-corrected chi connectivity index (χ2v) is 14.1. The highest BCUT2D eigenvalue weighted by Crippen LogP contribution is 2.15. The number of nitrogens with zero attached hydrogens (tertiary/aromatic N) is 2. The van der Waals surface area contributed by atoms with Gasteiger partial charge in [0.1, 0.15) is 48.2 Å². The minimum Gasteiger partial charge on any atom is -0.508 e. The largest absolute Gasteiger partial charge is 0.508 e. The van der Waals surface area contributed by atoms with Crippen molar-refractivity contribution in [2.75, 3.05) is 26.2 Å². The molecular weight excluding hydrogens is 760 g/mol. The van der Waals surface area contributed by atoms with Gasteiger partial charge in [-0.15, -0.1) is 0 Å². The Hall–Kier alpha value is -6.52. The first kappa shape index (κ1) is 42.6. The predicted molar refractivity (Wildman–Crippen MR) is 205 cm³/mol. The molecule has 0 aromatic heterocycles. The van der Waals surface area contributed by atoms with Crippen LogP contribution in [-0.2, 0) is 41.6 Å². The third-order valence-corrected chi connectivity index (χ3v) is 9.71. The Bertz CT molecular complexity index is 1910. The van der Waals surface area contributed by atoms with Crippen LogP contribution in [0, 0.1) is 6.92 Å². The Morgan fingerprint density at radius 2 is 1.07 bits per heavy atom. The van der Waals surface area contributed by atoms with Crippen molar-refractivity contribution in [1.29, 1.82) is 0 Å². The maximum atomic E-state index is 14.3. The van der Waals surface area contributed by atoms with E-state index in [0.717, 1.165) is 5.56 Å². The molecule has 0 aliphatic carbocycles. The molecule has 2 aromatic carbocycles. The highest BCUT2D eigenvalue weighted by atomic mass is 16.3. The molecule has 4 unspecified atom stereocenters. The van der Waals surface area contributed by atoms with Gasteiger partial charge < -0.3 is 74.4 Å². The number of hydrogen-bond acceptors (Lipinski definition) is 16. The normalized spacial score (nSPS) is 27.3. The number of benzene rings is 2. The van der Waals surface area contributed by atoms with Crippen LogP contribution in [0.3, 0.4) is 0 Å². The zero-order valence-electron chi connectivity index (χ0n) is 31.3. The van der Waals surface area contributed by atoms with E-state index >= 15 is 0 Å². The van der Waals surface area contributed by atoms with Crippen LogP contribution in [0.25, 0.3) is 0 Å². The van der Waals surface area contributed by atoms with Crippen molar-refractivity contribution in [3.63, 3.8) is 0 Å². The summed E-state index contributed by atoms with van der Waals surface area (Å²) in [5.41, 5.74) is 13.5. The second-order valence-electron chi connectivity index (χ2n) is 14.1. The lowest BCUT2D eigenvalue weighted by molar-refractivity contribution is -0.139. The standard InChI is InChI=1S/C36H48N12O10/c1-16-2-4-17(5-3-16)10-20-31(55)43-21(11-18-6-8-19(50)9-7-18)32(56)47-27(29(53)23-13-41-36(38)46-23)34(58)48-26(28(52)22-12-40-35(37)45-22)33(57)44-24(15-49)30(54)39-14-25(51)42-20/h2-9,20-24,26-29,49-50,52-53H,10-15H2,1H3,(H,39,54)(H,42,51)(H,43,55)(H,44,57)(H,47,56)(H,48,58)(H3,37,40,45)(H3,38,41,46)/t20-,21-,22?,23?,24-,26-,27-,28?,29?/m0/s1. The molecule has 16 N–H and O–H groups in total. The molecule has 9 atom stereocenters. The van der Waals surface area contributed by atoms with Crippen molar-refractivity contribution in [2.24, 2.45) is 21.5 Å². The lowest BCUT2D eigenvalue weighted by Gasteiger charge is -2.33. The number of aliphatic hydroxyl groups is 3. The van der Waals surface area contributed by atoms with E-state index in [-0.39, 0.29) is 43.6 Å². The number of nitrogens with two attached hydrogens (primary N) is 2. The summed E-state index contributed by atoms with van der Waals surface area (Å²) in [4.78, 5) is 90.8. The van der Waals surface area contributed by atoms with Gasteiger partial charge in [0.2, 0.25) is 35.4 Å². The molecule has 1 fully saturated rings. The van der Waals surface area contributed by atoms with E-state index in [0.29, 0.717) is 11.1 Å². The number of phenols is 1. The maximum absolute atomic E-state index is 14.3. The SMILES string of the molecule is Cc1ccc(C[C@@H]2NC(=O)CNC(=O)[C@H](CO)NC(=O)[C@H](C(O)C3CN=C(N)N3)NC(=O)[C@H](C(O)C3CN=C(N)N3)NC(=O)[C@H](Cc3ccc(O)cc3)NC2=O)cc1. The molecule has 3 aliphatic rings. The third-order valence-electron chi connectivity index (χ3n) is 9.71. The van der Waals surface area contributed by atoms with Gasteiger partial charge in [-0.25, -0.2) is 0 Å². The van der Waals surface area contributed by atoms with Crippen LogP contribution in [0.5, 0.6) is 5.75 Å². The zero-order chi connectivity index (χ0) is 42.1. The van der Waals surface area contributed by atoms with Crippen LogP contribution in [0.4, 0.5) is 0 Å². The van der Waals surface area contributed by atoms with Crippen molar-refractivity contribution in [3.05, 3.63) is 65.2 Å². The van der Waals surface area contributed by atoms with Crippen molar-refractivity contribution in [3.8, 4) is 5.75 Å². The fraction of sp³-hybridized carbons (Fsp3) is 0.444. The monoisotopic (exact) mass is 808 g/mol. The van der Waals surface area contributed by atoms with E-state index in [1.807, 2.05) is 6.92 Å². The van der Waals surface area contributed by atoms with Crippen LogP contribution in [-0.4, -0.2) is 149 Å². The molecule has 0 bridgehead atoms. The molecule has 312 valence electrons. The number of aliphatic hydroxyl groups excluding tert-OH is 3. The predicted octanol–water partition coefficient (Wildman–Crippen LogP) is -6.67. The third kappa shape index (κ3) is 11.1. The molecule has 2 aromatic rings. The van der Waals surface area contributed by atoms with Crippen molar-refractivity contribution >= 4 is 47.4 Å². The quantitative estimate of drug-likeness (QED) is 0.112. The van der Waals surface area contributed by atoms with E-state index in [1.54, 1.807) is 24.3 Å². The smallest absolute Gasteiger partial charge is 0.246 e. The molecule has 22 nitrogen and oxygen atoms in total. The number of aromatic hydroxyl groups is 1. The summed E-state index contributed by atoms with van der Waals surface area (Å²) < 4.78 is 0. The number of aryl methyl sites for hydroxylation is 1. The topological polar surface area (TPSA) is 356 Å². The molecule has 1 saturated heterocycles. The minimum atomic E-state index is -1.94. The molecule has 22 heteroatoms. The zero-order valence-corrected chi connectivity index (χ0v) is 31.3. The van der Waals surface area contributed by atoms with Crippen LogP contribution in [0.1, 0.15) is 16.7 Å². The summed E-state index contributed by atoms with van der Waals surface area (Å²) in [6.45, 7) is -0.110. The van der Waals surface area contributed by atoms with Gasteiger partial charge >= 0.3 is 0 Å². The van der Waals surface area contributed by atoms with E-state index < -0.39 is 103 Å². The average Bonchev–Trinajstić information content (AvgIpc) is 3.84. The van der Waals surface area contributed by atoms with E-state index in [4.69, 9.17) is 11.5 Å². The van der Waals surface area contributed by atoms with Gasteiger partial charge in [-0.3, -0.25) is 38.8 Å². The lowest BCUT2D eigenvalue weighted by Crippen LogP contribution is -2.67. The molecule has 3 aliphatic heterocycles. The fourth-order valence-electron chi connectivity index (χ4n) is 6.43. The lowest BCUT2D eigenvalue weighted by atomic mass is 9.98. The Balaban J connectivity index is 1.54. The van der Waals surface area contributed by atoms with Gasteiger partial charge in [-0.05, 0) is 30.2 Å². The Morgan fingerprint density at radius 1 is 0.621 bits per heavy atom. The summed E-state index contributed by atoms with van der Waals surface area (Å²) in [6, 6.07) is 2.30. The van der Waals surface area contributed by atoms with Gasteiger partial charge in [0.15, 0.2) is 11.9 Å².